The molecule has 0 aliphatic heterocycles. The van der Waals surface area contributed by atoms with Crippen LogP contribution in [0.4, 0.5) is 0 Å². The van der Waals surface area contributed by atoms with Gasteiger partial charge in [-0.3, -0.25) is 9.59 Å². The molecule has 29 heavy (non-hydrogen) atoms. The van der Waals surface area contributed by atoms with Crippen LogP contribution < -0.4 is 10.6 Å². The number of hydrogen-bond acceptors (Lipinski definition) is 2. The van der Waals surface area contributed by atoms with Crippen molar-refractivity contribution in [1.82, 2.24) is 10.6 Å². The Morgan fingerprint density at radius 2 is 1.55 bits per heavy atom. The van der Waals surface area contributed by atoms with Crippen molar-refractivity contribution in [3.63, 3.8) is 0 Å². The minimum atomic E-state index is -0.394. The van der Waals surface area contributed by atoms with E-state index in [1.54, 1.807) is 36.4 Å². The summed E-state index contributed by atoms with van der Waals surface area (Å²) in [6, 6.07) is 23.7. The second-order valence-electron chi connectivity index (χ2n) is 6.56. The van der Waals surface area contributed by atoms with Gasteiger partial charge in [0, 0.05) is 17.1 Å². The summed E-state index contributed by atoms with van der Waals surface area (Å²) in [5, 5.41) is 6.12. The maximum absolute atomic E-state index is 12.8. The second-order valence-corrected chi connectivity index (χ2v) is 6.97. The maximum atomic E-state index is 12.8. The molecule has 0 spiro atoms. The zero-order chi connectivity index (χ0) is 20.6. The Bertz CT molecular complexity index is 1030. The smallest absolute Gasteiger partial charge is 0.268 e. The van der Waals surface area contributed by atoms with Crippen LogP contribution in [0.5, 0.6) is 0 Å². The van der Waals surface area contributed by atoms with E-state index in [1.807, 2.05) is 55.5 Å². The minimum absolute atomic E-state index is 0.162. The van der Waals surface area contributed by atoms with Crippen molar-refractivity contribution in [1.29, 1.82) is 0 Å². The second kappa shape index (κ2) is 9.71. The molecule has 0 heterocycles. The SMILES string of the molecule is Cc1ccc(C=C(NC(=O)c2ccccc2)C(=O)NCc2ccccc2Cl)cc1. The minimum Gasteiger partial charge on any atom is -0.347 e. The third-order valence-electron chi connectivity index (χ3n) is 4.31. The molecule has 0 bridgehead atoms. The van der Waals surface area contributed by atoms with E-state index >= 15 is 0 Å². The van der Waals surface area contributed by atoms with E-state index < -0.39 is 5.91 Å². The molecule has 0 saturated carbocycles. The van der Waals surface area contributed by atoms with Gasteiger partial charge in [-0.15, -0.1) is 0 Å². The molecule has 0 aliphatic carbocycles. The molecule has 3 aromatic rings. The molecule has 146 valence electrons. The molecule has 0 aromatic heterocycles. The average Bonchev–Trinajstić information content (AvgIpc) is 2.74. The summed E-state index contributed by atoms with van der Waals surface area (Å²) in [5.41, 5.74) is 3.36. The summed E-state index contributed by atoms with van der Waals surface area (Å²) < 4.78 is 0. The molecule has 0 atom stereocenters. The van der Waals surface area contributed by atoms with Gasteiger partial charge in [0.05, 0.1) is 0 Å². The van der Waals surface area contributed by atoms with Gasteiger partial charge in [0.25, 0.3) is 11.8 Å². The number of rotatable bonds is 6. The first-order valence-electron chi connectivity index (χ1n) is 9.19. The topological polar surface area (TPSA) is 58.2 Å². The van der Waals surface area contributed by atoms with E-state index in [2.05, 4.69) is 10.6 Å². The van der Waals surface area contributed by atoms with Crippen molar-refractivity contribution in [3.8, 4) is 0 Å². The lowest BCUT2D eigenvalue weighted by molar-refractivity contribution is -0.117. The Morgan fingerprint density at radius 3 is 2.24 bits per heavy atom. The molecule has 0 fully saturated rings. The van der Waals surface area contributed by atoms with Crippen LogP contribution in [0, 0.1) is 6.92 Å². The molecule has 0 saturated heterocycles. The number of benzene rings is 3. The fourth-order valence-electron chi connectivity index (χ4n) is 2.68. The van der Waals surface area contributed by atoms with Crippen LogP contribution in [0.2, 0.25) is 5.02 Å². The molecule has 2 amide bonds. The zero-order valence-corrected chi connectivity index (χ0v) is 16.7. The fourth-order valence-corrected chi connectivity index (χ4v) is 2.89. The summed E-state index contributed by atoms with van der Waals surface area (Å²) in [6.07, 6.45) is 1.65. The largest absolute Gasteiger partial charge is 0.347 e. The van der Waals surface area contributed by atoms with Crippen molar-refractivity contribution >= 4 is 29.5 Å². The number of halogens is 1. The first-order chi connectivity index (χ1) is 14.0. The van der Waals surface area contributed by atoms with Gasteiger partial charge in [-0.05, 0) is 42.3 Å². The Balaban J connectivity index is 1.81. The van der Waals surface area contributed by atoms with Crippen LogP contribution in [0.1, 0.15) is 27.0 Å². The van der Waals surface area contributed by atoms with Gasteiger partial charge in [0.15, 0.2) is 0 Å². The molecule has 0 unspecified atom stereocenters. The Hall–Kier alpha value is -3.37. The number of nitrogens with one attached hydrogen (secondary N) is 2. The van der Waals surface area contributed by atoms with E-state index in [1.165, 1.54) is 0 Å². The summed E-state index contributed by atoms with van der Waals surface area (Å²) in [4.78, 5) is 25.4. The van der Waals surface area contributed by atoms with Gasteiger partial charge >= 0.3 is 0 Å². The third-order valence-corrected chi connectivity index (χ3v) is 4.68. The lowest BCUT2D eigenvalue weighted by atomic mass is 10.1. The van der Waals surface area contributed by atoms with E-state index in [0.717, 1.165) is 16.7 Å². The van der Waals surface area contributed by atoms with E-state index in [-0.39, 0.29) is 18.1 Å². The lowest BCUT2D eigenvalue weighted by Gasteiger charge is -2.12. The van der Waals surface area contributed by atoms with Crippen LogP contribution in [0.25, 0.3) is 6.08 Å². The van der Waals surface area contributed by atoms with Crippen LogP contribution >= 0.6 is 11.6 Å². The van der Waals surface area contributed by atoms with Crippen LogP contribution in [-0.2, 0) is 11.3 Å². The van der Waals surface area contributed by atoms with Gasteiger partial charge in [-0.2, -0.15) is 0 Å². The first-order valence-corrected chi connectivity index (χ1v) is 9.57. The normalized spacial score (nSPS) is 11.0. The van der Waals surface area contributed by atoms with Gasteiger partial charge in [-0.1, -0.05) is 77.8 Å². The third kappa shape index (κ3) is 5.80. The van der Waals surface area contributed by atoms with Gasteiger partial charge in [0.1, 0.15) is 5.70 Å². The molecular formula is C24H21ClN2O2. The number of carbonyl (C=O) groups excluding carboxylic acids is 2. The lowest BCUT2D eigenvalue weighted by Crippen LogP contribution is -2.34. The van der Waals surface area contributed by atoms with Crippen LogP contribution in [0.15, 0.2) is 84.6 Å². The highest BCUT2D eigenvalue weighted by Crippen LogP contribution is 2.15. The Labute approximate surface area is 175 Å². The molecule has 3 aromatic carbocycles. The number of hydrogen-bond donors (Lipinski definition) is 2. The van der Waals surface area contributed by atoms with Crippen molar-refractivity contribution < 1.29 is 9.59 Å². The molecule has 5 heteroatoms. The van der Waals surface area contributed by atoms with E-state index in [4.69, 9.17) is 11.6 Å². The van der Waals surface area contributed by atoms with Crippen molar-refractivity contribution in [3.05, 3.63) is 112 Å². The summed E-state index contributed by atoms with van der Waals surface area (Å²) in [5.74, 6) is -0.744. The number of carbonyl (C=O) groups is 2. The first kappa shape index (κ1) is 20.4. The van der Waals surface area contributed by atoms with Crippen molar-refractivity contribution in [2.45, 2.75) is 13.5 Å². The highest BCUT2D eigenvalue weighted by Gasteiger charge is 2.15. The monoisotopic (exact) mass is 404 g/mol. The fraction of sp³-hybridized carbons (Fsp3) is 0.0833. The van der Waals surface area contributed by atoms with Crippen LogP contribution in [0.3, 0.4) is 0 Å². The molecule has 3 rings (SSSR count). The van der Waals surface area contributed by atoms with Gasteiger partial charge < -0.3 is 10.6 Å². The van der Waals surface area contributed by atoms with E-state index in [9.17, 15) is 9.59 Å². The molecule has 0 radical (unpaired) electrons. The van der Waals surface area contributed by atoms with Crippen molar-refractivity contribution in [2.75, 3.05) is 0 Å². The Kier molecular flexibility index (Phi) is 6.82. The van der Waals surface area contributed by atoms with Gasteiger partial charge in [-0.25, -0.2) is 0 Å². The molecule has 4 nitrogen and oxygen atoms in total. The molecule has 2 N–H and O–H groups in total. The summed E-state index contributed by atoms with van der Waals surface area (Å²) in [6.45, 7) is 2.24. The molecule has 0 aliphatic rings. The zero-order valence-electron chi connectivity index (χ0n) is 16.0. The van der Waals surface area contributed by atoms with Crippen LogP contribution in [-0.4, -0.2) is 11.8 Å². The molecular weight excluding hydrogens is 384 g/mol. The number of aryl methyl sites for hydroxylation is 1. The maximum Gasteiger partial charge on any atom is 0.268 e. The predicted molar refractivity (Wildman–Crippen MR) is 116 cm³/mol. The highest BCUT2D eigenvalue weighted by molar-refractivity contribution is 6.31. The van der Waals surface area contributed by atoms with E-state index in [0.29, 0.717) is 10.6 Å². The predicted octanol–water partition coefficient (Wildman–Crippen LogP) is 4.74. The quantitative estimate of drug-likeness (QED) is 0.583. The Morgan fingerprint density at radius 1 is 0.897 bits per heavy atom. The summed E-state index contributed by atoms with van der Waals surface area (Å²) >= 11 is 6.16. The van der Waals surface area contributed by atoms with Crippen molar-refractivity contribution in [2.24, 2.45) is 0 Å². The standard InChI is InChI=1S/C24H21ClN2O2/c1-17-11-13-18(14-12-17)15-22(27-23(28)19-7-3-2-4-8-19)24(29)26-16-20-9-5-6-10-21(20)25/h2-15H,16H2,1H3,(H,26,29)(H,27,28). The average molecular weight is 405 g/mol. The highest BCUT2D eigenvalue weighted by atomic mass is 35.5. The number of amides is 2. The van der Waals surface area contributed by atoms with Gasteiger partial charge in [0.2, 0.25) is 0 Å². The summed E-state index contributed by atoms with van der Waals surface area (Å²) in [7, 11) is 0.